The minimum Gasteiger partial charge on any atom is -0.508 e. The minimum absolute atomic E-state index is 0.0753. The van der Waals surface area contributed by atoms with E-state index in [0.29, 0.717) is 27.9 Å². The predicted octanol–water partition coefficient (Wildman–Crippen LogP) is 3.39. The van der Waals surface area contributed by atoms with Crippen molar-refractivity contribution in [2.24, 2.45) is 7.05 Å². The molecule has 148 valence electrons. The topological polar surface area (TPSA) is 84.2 Å². The van der Waals surface area contributed by atoms with Crippen molar-refractivity contribution in [2.45, 2.75) is 23.2 Å². The Labute approximate surface area is 170 Å². The van der Waals surface area contributed by atoms with Gasteiger partial charge in [0.25, 0.3) is 5.56 Å². The number of amides is 1. The number of hydrogen-bond donors (Lipinski definition) is 2. The van der Waals surface area contributed by atoms with Gasteiger partial charge in [0.15, 0.2) is 5.16 Å². The highest BCUT2D eigenvalue weighted by Gasteiger charge is 2.32. The monoisotopic (exact) mass is 411 g/mol. The van der Waals surface area contributed by atoms with Gasteiger partial charge in [-0.3, -0.25) is 9.59 Å². The molecule has 0 radical (unpaired) electrons. The lowest BCUT2D eigenvalue weighted by Gasteiger charge is -2.27. The second-order valence-electron chi connectivity index (χ2n) is 6.84. The summed E-state index contributed by atoms with van der Waals surface area (Å²) in [5.41, 5.74) is 1.58. The number of aromatic hydroxyl groups is 1. The van der Waals surface area contributed by atoms with Crippen LogP contribution in [0.1, 0.15) is 29.0 Å². The normalized spacial score (nSPS) is 15.7. The number of aromatic nitrogens is 2. The number of phenols is 1. The average Bonchev–Trinajstić information content (AvgIpc) is 2.70. The molecule has 1 amide bonds. The number of fused-ring (bicyclic) bond motifs is 1. The third-order valence-electron chi connectivity index (χ3n) is 4.85. The van der Waals surface area contributed by atoms with Gasteiger partial charge >= 0.3 is 0 Å². The van der Waals surface area contributed by atoms with Crippen molar-refractivity contribution < 1.29 is 14.3 Å². The fraction of sp³-hybridized carbons (Fsp3) is 0.190. The van der Waals surface area contributed by atoms with Crippen LogP contribution in [-0.4, -0.2) is 20.6 Å². The Morgan fingerprint density at radius 2 is 2.00 bits per heavy atom. The van der Waals surface area contributed by atoms with Gasteiger partial charge in [-0.1, -0.05) is 36.0 Å². The summed E-state index contributed by atoms with van der Waals surface area (Å²) in [6.45, 7) is 0. The van der Waals surface area contributed by atoms with Gasteiger partial charge in [-0.25, -0.2) is 4.39 Å². The molecule has 6 nitrogen and oxygen atoms in total. The van der Waals surface area contributed by atoms with E-state index in [4.69, 9.17) is 0 Å². The Morgan fingerprint density at radius 3 is 2.72 bits per heavy atom. The fourth-order valence-corrected chi connectivity index (χ4v) is 4.34. The van der Waals surface area contributed by atoms with Crippen LogP contribution in [0.5, 0.6) is 5.75 Å². The van der Waals surface area contributed by atoms with Gasteiger partial charge in [0.1, 0.15) is 17.4 Å². The van der Waals surface area contributed by atoms with E-state index in [9.17, 15) is 19.1 Å². The summed E-state index contributed by atoms with van der Waals surface area (Å²) < 4.78 is 14.8. The molecule has 0 spiro atoms. The highest BCUT2D eigenvalue weighted by Crippen LogP contribution is 2.36. The number of thioether (sulfide) groups is 1. The zero-order chi connectivity index (χ0) is 20.5. The Morgan fingerprint density at radius 1 is 1.24 bits per heavy atom. The van der Waals surface area contributed by atoms with Crippen LogP contribution in [0.15, 0.2) is 58.5 Å². The largest absolute Gasteiger partial charge is 0.508 e. The first-order chi connectivity index (χ1) is 13.9. The molecular weight excluding hydrogens is 393 g/mol. The Bertz CT molecular complexity index is 1140. The van der Waals surface area contributed by atoms with Gasteiger partial charge in [-0.05, 0) is 35.4 Å². The van der Waals surface area contributed by atoms with E-state index in [1.54, 1.807) is 48.0 Å². The average molecular weight is 411 g/mol. The van der Waals surface area contributed by atoms with E-state index in [1.807, 2.05) is 0 Å². The maximum atomic E-state index is 13.1. The molecule has 0 saturated carbocycles. The van der Waals surface area contributed by atoms with Crippen LogP contribution >= 0.6 is 11.8 Å². The lowest BCUT2D eigenvalue weighted by atomic mass is 9.86. The summed E-state index contributed by atoms with van der Waals surface area (Å²) in [6.07, 6.45) is 0.107. The summed E-state index contributed by atoms with van der Waals surface area (Å²) in [5.74, 6) is -0.000476. The van der Waals surface area contributed by atoms with Gasteiger partial charge in [-0.15, -0.1) is 0 Å². The Balaban J connectivity index is 1.71. The molecule has 0 aliphatic carbocycles. The number of halogens is 1. The second-order valence-corrected chi connectivity index (χ2v) is 7.78. The number of carbonyl (C=O) groups excluding carboxylic acids is 1. The van der Waals surface area contributed by atoms with Gasteiger partial charge in [0.2, 0.25) is 5.91 Å². The first-order valence-electron chi connectivity index (χ1n) is 8.99. The molecule has 0 fully saturated rings. The van der Waals surface area contributed by atoms with E-state index < -0.39 is 11.5 Å². The molecule has 1 atom stereocenters. The molecule has 3 aromatic rings. The van der Waals surface area contributed by atoms with Crippen molar-refractivity contribution in [1.29, 1.82) is 0 Å². The molecular formula is C21H18FN3O3S. The van der Waals surface area contributed by atoms with Crippen molar-refractivity contribution >= 4 is 23.5 Å². The number of hydrogen-bond acceptors (Lipinski definition) is 5. The fourth-order valence-electron chi connectivity index (χ4n) is 3.42. The molecule has 2 N–H and O–H groups in total. The van der Waals surface area contributed by atoms with Crippen molar-refractivity contribution in [1.82, 2.24) is 9.55 Å². The highest BCUT2D eigenvalue weighted by molar-refractivity contribution is 7.98. The second kappa shape index (κ2) is 7.71. The molecule has 1 aromatic heterocycles. The van der Waals surface area contributed by atoms with E-state index >= 15 is 0 Å². The van der Waals surface area contributed by atoms with Crippen LogP contribution < -0.4 is 10.9 Å². The van der Waals surface area contributed by atoms with Gasteiger partial charge < -0.3 is 15.0 Å². The third-order valence-corrected chi connectivity index (χ3v) is 5.96. The third kappa shape index (κ3) is 3.88. The maximum Gasteiger partial charge on any atom is 0.279 e. The minimum atomic E-state index is -0.479. The number of nitrogens with zero attached hydrogens (tertiary/aromatic N) is 2. The SMILES string of the molecule is Cn1c(SCc2ccc(F)cc2)nc(=O)c2c1NC(=O)CC2c1cccc(O)c1. The molecule has 1 aliphatic rings. The van der Waals surface area contributed by atoms with Gasteiger partial charge in [0.05, 0.1) is 5.56 Å². The summed E-state index contributed by atoms with van der Waals surface area (Å²) >= 11 is 1.33. The van der Waals surface area contributed by atoms with Crippen molar-refractivity contribution in [2.75, 3.05) is 5.32 Å². The Kier molecular flexibility index (Phi) is 5.10. The van der Waals surface area contributed by atoms with E-state index in [1.165, 1.54) is 23.9 Å². The van der Waals surface area contributed by atoms with Crippen molar-refractivity contribution in [3.05, 3.63) is 81.4 Å². The highest BCUT2D eigenvalue weighted by atomic mass is 32.2. The first kappa shape index (κ1) is 19.2. The van der Waals surface area contributed by atoms with Crippen LogP contribution in [0.3, 0.4) is 0 Å². The molecule has 2 heterocycles. The van der Waals surface area contributed by atoms with Crippen LogP contribution in [0.4, 0.5) is 10.2 Å². The number of phenolic OH excluding ortho intramolecular Hbond substituents is 1. The molecule has 4 rings (SSSR count). The maximum absolute atomic E-state index is 13.1. The zero-order valence-corrected chi connectivity index (χ0v) is 16.4. The predicted molar refractivity (Wildman–Crippen MR) is 109 cm³/mol. The lowest BCUT2D eigenvalue weighted by Crippen LogP contribution is -2.33. The molecule has 8 heteroatoms. The summed E-state index contributed by atoms with van der Waals surface area (Å²) in [5, 5.41) is 13.0. The van der Waals surface area contributed by atoms with E-state index in [-0.39, 0.29) is 23.9 Å². The molecule has 2 aromatic carbocycles. The quantitative estimate of drug-likeness (QED) is 0.508. The van der Waals surface area contributed by atoms with Gasteiger partial charge in [-0.2, -0.15) is 4.98 Å². The van der Waals surface area contributed by atoms with Crippen LogP contribution in [0, 0.1) is 5.82 Å². The lowest BCUT2D eigenvalue weighted by molar-refractivity contribution is -0.116. The van der Waals surface area contributed by atoms with E-state index in [2.05, 4.69) is 10.3 Å². The summed E-state index contributed by atoms with van der Waals surface area (Å²) in [7, 11) is 1.74. The van der Waals surface area contributed by atoms with Crippen molar-refractivity contribution in [3.63, 3.8) is 0 Å². The number of carbonyl (C=O) groups is 1. The molecule has 0 saturated heterocycles. The van der Waals surface area contributed by atoms with Gasteiger partial charge in [0, 0.05) is 25.1 Å². The van der Waals surface area contributed by atoms with Crippen LogP contribution in [0.2, 0.25) is 0 Å². The number of rotatable bonds is 4. The summed E-state index contributed by atoms with van der Waals surface area (Å²) in [6, 6.07) is 12.7. The number of nitrogens with one attached hydrogen (secondary N) is 1. The van der Waals surface area contributed by atoms with Crippen molar-refractivity contribution in [3.8, 4) is 5.75 Å². The number of anilines is 1. The molecule has 1 unspecified atom stereocenters. The Hall–Kier alpha value is -3.13. The summed E-state index contributed by atoms with van der Waals surface area (Å²) in [4.78, 5) is 29.4. The standard InChI is InChI=1S/C21H18FN3O3S/c1-25-19-18(16(10-17(27)23-19)13-3-2-4-15(26)9-13)20(28)24-21(25)29-11-12-5-7-14(22)8-6-12/h2-9,16,26H,10-11H2,1H3,(H,23,27). The van der Waals surface area contributed by atoms with Crippen LogP contribution in [0.25, 0.3) is 0 Å². The van der Waals surface area contributed by atoms with Crippen LogP contribution in [-0.2, 0) is 17.6 Å². The first-order valence-corrected chi connectivity index (χ1v) is 9.98. The molecule has 0 bridgehead atoms. The molecule has 1 aliphatic heterocycles. The molecule has 29 heavy (non-hydrogen) atoms. The number of benzene rings is 2. The zero-order valence-electron chi connectivity index (χ0n) is 15.6. The smallest absolute Gasteiger partial charge is 0.279 e. The van der Waals surface area contributed by atoms with E-state index in [0.717, 1.165) is 5.56 Å².